The molecule has 0 saturated carbocycles. The minimum absolute atomic E-state index is 0.00718. The fourth-order valence-electron chi connectivity index (χ4n) is 0.299. The lowest BCUT2D eigenvalue weighted by Gasteiger charge is -2.02. The number of nitriles is 1. The highest BCUT2D eigenvalue weighted by Gasteiger charge is 2.13. The first-order valence-corrected chi connectivity index (χ1v) is 3.92. The van der Waals surface area contributed by atoms with Gasteiger partial charge in [-0.15, -0.1) is 0 Å². The van der Waals surface area contributed by atoms with Crippen molar-refractivity contribution >= 4 is 34.0 Å². The predicted molar refractivity (Wildman–Crippen MR) is 45.6 cm³/mol. The Morgan fingerprint density at radius 1 is 1.80 bits per heavy atom. The Balaban J connectivity index is 3.98. The fraction of sp³-hybridized carbons (Fsp3) is 0.500. The second-order valence-corrected chi connectivity index (χ2v) is 3.37. The van der Waals surface area contributed by atoms with Gasteiger partial charge in [0.15, 0.2) is 0 Å². The third-order valence-electron chi connectivity index (χ3n) is 1.11. The smallest absolute Gasteiger partial charge is 0.139 e. The van der Waals surface area contributed by atoms with Crippen LogP contribution in [0.25, 0.3) is 0 Å². The molecule has 0 radical (unpaired) electrons. The lowest BCUT2D eigenvalue weighted by molar-refractivity contribution is -0.118. The molecule has 0 saturated heterocycles. The summed E-state index contributed by atoms with van der Waals surface area (Å²) in [6, 6.07) is 0. The number of carbonyl (C=O) groups is 1. The van der Waals surface area contributed by atoms with E-state index < -0.39 is 0 Å². The lowest BCUT2D eigenvalue weighted by Crippen LogP contribution is -2.12. The van der Waals surface area contributed by atoms with Gasteiger partial charge in [-0.05, 0) is 18.7 Å². The van der Waals surface area contributed by atoms with Gasteiger partial charge in [0.25, 0.3) is 0 Å². The van der Waals surface area contributed by atoms with Crippen LogP contribution in [0, 0.1) is 16.6 Å². The number of thiocarbonyl (C=S) groups is 1. The topological polar surface area (TPSA) is 40.9 Å². The molecule has 10 heavy (non-hydrogen) atoms. The number of thioether (sulfide) groups is 1. The minimum atomic E-state index is -0.278. The molecule has 0 amide bonds. The first-order valence-electron chi connectivity index (χ1n) is 2.69. The largest absolute Gasteiger partial charge is 0.299 e. The van der Waals surface area contributed by atoms with Gasteiger partial charge in [-0.2, -0.15) is 5.26 Å². The maximum atomic E-state index is 10.6. The molecule has 0 aliphatic heterocycles. The van der Waals surface area contributed by atoms with Crippen LogP contribution in [0.2, 0.25) is 0 Å². The monoisotopic (exact) mass is 173 g/mol. The number of thiocyanates is 1. The van der Waals surface area contributed by atoms with Crippen molar-refractivity contribution < 1.29 is 4.79 Å². The molecule has 54 valence electrons. The Hall–Kier alpha value is -0.400. The molecule has 0 fully saturated rings. The zero-order chi connectivity index (χ0) is 8.15. The van der Waals surface area contributed by atoms with Crippen LogP contribution in [0.5, 0.6) is 0 Å². The highest BCUT2D eigenvalue weighted by atomic mass is 32.2. The van der Waals surface area contributed by atoms with Crippen molar-refractivity contribution in [3.05, 3.63) is 0 Å². The summed E-state index contributed by atoms with van der Waals surface area (Å²) >= 11 is 5.66. The number of hydrogen-bond donors (Lipinski definition) is 0. The summed E-state index contributed by atoms with van der Waals surface area (Å²) in [6.45, 7) is 3.17. The molecule has 1 unspecified atom stereocenters. The molecule has 0 aliphatic rings. The highest BCUT2D eigenvalue weighted by molar-refractivity contribution is 8.26. The maximum Gasteiger partial charge on any atom is 0.139 e. The maximum absolute atomic E-state index is 10.6. The summed E-state index contributed by atoms with van der Waals surface area (Å²) in [5.74, 6) is -0.271. The number of Topliss-reactive ketones (excluding diaryl/α,β-unsaturated/α-hetero) is 1. The number of ketones is 1. The van der Waals surface area contributed by atoms with Crippen LogP contribution >= 0.6 is 24.0 Å². The molecular weight excluding hydrogens is 166 g/mol. The van der Waals surface area contributed by atoms with Crippen LogP contribution < -0.4 is 0 Å². The van der Waals surface area contributed by atoms with Gasteiger partial charge in [0.2, 0.25) is 0 Å². The first kappa shape index (κ1) is 9.60. The molecule has 0 heterocycles. The van der Waals surface area contributed by atoms with Gasteiger partial charge in [-0.1, -0.05) is 19.1 Å². The van der Waals surface area contributed by atoms with Crippen molar-refractivity contribution in [1.29, 1.82) is 5.26 Å². The van der Waals surface area contributed by atoms with Gasteiger partial charge >= 0.3 is 0 Å². The van der Waals surface area contributed by atoms with Gasteiger partial charge in [-0.3, -0.25) is 4.79 Å². The molecule has 0 aromatic rings. The van der Waals surface area contributed by atoms with Gasteiger partial charge in [0, 0.05) is 0 Å². The van der Waals surface area contributed by atoms with E-state index in [0.29, 0.717) is 4.20 Å². The van der Waals surface area contributed by atoms with Gasteiger partial charge in [-0.25, -0.2) is 0 Å². The summed E-state index contributed by atoms with van der Waals surface area (Å²) in [6.07, 6.45) is 0. The zero-order valence-corrected chi connectivity index (χ0v) is 7.38. The standard InChI is InChI=1S/C6H7NOS2/c1-4(5(2)8)6(9)10-3-7/h4H,1-2H3. The van der Waals surface area contributed by atoms with Crippen LogP contribution in [0.1, 0.15) is 13.8 Å². The van der Waals surface area contributed by atoms with Gasteiger partial charge in [0.1, 0.15) is 11.2 Å². The van der Waals surface area contributed by atoms with Gasteiger partial charge in [0.05, 0.1) is 10.1 Å². The summed E-state index contributed by atoms with van der Waals surface area (Å²) < 4.78 is 0.454. The SMILES string of the molecule is CC(=O)C(C)C(=S)SC#N. The normalized spacial score (nSPS) is 11.7. The second-order valence-electron chi connectivity index (χ2n) is 1.84. The first-order chi connectivity index (χ1) is 4.59. The average molecular weight is 173 g/mol. The number of hydrogen-bond acceptors (Lipinski definition) is 4. The van der Waals surface area contributed by atoms with Crippen LogP contribution in [-0.4, -0.2) is 9.98 Å². The van der Waals surface area contributed by atoms with E-state index in [1.807, 2.05) is 5.40 Å². The molecule has 2 nitrogen and oxygen atoms in total. The van der Waals surface area contributed by atoms with E-state index in [1.54, 1.807) is 6.92 Å². The molecule has 1 atom stereocenters. The van der Waals surface area contributed by atoms with Crippen LogP contribution in [-0.2, 0) is 4.79 Å². The van der Waals surface area contributed by atoms with Crippen LogP contribution in [0.3, 0.4) is 0 Å². The van der Waals surface area contributed by atoms with E-state index in [1.165, 1.54) is 6.92 Å². The van der Waals surface area contributed by atoms with E-state index >= 15 is 0 Å². The molecule has 0 N–H and O–H groups in total. The number of nitrogens with zero attached hydrogens (tertiary/aromatic N) is 1. The molecule has 0 aliphatic carbocycles. The van der Waals surface area contributed by atoms with E-state index in [-0.39, 0.29) is 11.7 Å². The molecular formula is C6H7NOS2. The Morgan fingerprint density at radius 3 is 2.60 bits per heavy atom. The van der Waals surface area contributed by atoms with E-state index in [4.69, 9.17) is 17.5 Å². The molecule has 4 heteroatoms. The quantitative estimate of drug-likeness (QED) is 0.471. The van der Waals surface area contributed by atoms with Crippen molar-refractivity contribution in [3.63, 3.8) is 0 Å². The van der Waals surface area contributed by atoms with Crippen LogP contribution in [0.15, 0.2) is 0 Å². The summed E-state index contributed by atoms with van der Waals surface area (Å²) in [7, 11) is 0. The molecule has 0 bridgehead atoms. The van der Waals surface area contributed by atoms with E-state index in [2.05, 4.69) is 0 Å². The van der Waals surface area contributed by atoms with Crippen LogP contribution in [0.4, 0.5) is 0 Å². The Morgan fingerprint density at radius 2 is 2.30 bits per heavy atom. The highest BCUT2D eigenvalue weighted by Crippen LogP contribution is 2.12. The zero-order valence-electron chi connectivity index (χ0n) is 5.75. The third-order valence-corrected chi connectivity index (χ3v) is 2.36. The van der Waals surface area contributed by atoms with Crippen molar-refractivity contribution in [3.8, 4) is 5.40 Å². The van der Waals surface area contributed by atoms with E-state index in [9.17, 15) is 4.79 Å². The third kappa shape index (κ3) is 2.95. The van der Waals surface area contributed by atoms with Crippen molar-refractivity contribution in [2.75, 3.05) is 0 Å². The summed E-state index contributed by atoms with van der Waals surface area (Å²) in [5.41, 5.74) is 0. The van der Waals surface area contributed by atoms with Gasteiger partial charge < -0.3 is 0 Å². The molecule has 0 aromatic heterocycles. The number of carbonyl (C=O) groups excluding carboxylic acids is 1. The Labute approximate surface area is 69.6 Å². The molecule has 0 rings (SSSR count). The summed E-state index contributed by atoms with van der Waals surface area (Å²) in [5, 5.41) is 10.0. The minimum Gasteiger partial charge on any atom is -0.299 e. The average Bonchev–Trinajstić information content (AvgIpc) is 1.87. The second kappa shape index (κ2) is 4.42. The fourth-order valence-corrected chi connectivity index (χ4v) is 1.01. The van der Waals surface area contributed by atoms with Crippen molar-refractivity contribution in [2.24, 2.45) is 5.92 Å². The number of rotatable bonds is 2. The Kier molecular flexibility index (Phi) is 4.24. The molecule has 0 spiro atoms. The summed E-state index contributed by atoms with van der Waals surface area (Å²) in [4.78, 5) is 10.6. The van der Waals surface area contributed by atoms with E-state index in [0.717, 1.165) is 11.8 Å². The molecule has 0 aromatic carbocycles. The Bertz CT molecular complexity index is 194. The predicted octanol–water partition coefficient (Wildman–Crippen LogP) is 1.75. The lowest BCUT2D eigenvalue weighted by atomic mass is 10.1. The van der Waals surface area contributed by atoms with Crippen molar-refractivity contribution in [1.82, 2.24) is 0 Å². The van der Waals surface area contributed by atoms with Crippen molar-refractivity contribution in [2.45, 2.75) is 13.8 Å².